The molecule has 4 unspecified atom stereocenters. The standard InChI is InChI=1S/C8H14O2/c9-7-2-5-1-6(4-7)8(10)3-5/h5-10H,1-4H2. The monoisotopic (exact) mass is 142 g/mol. The van der Waals surface area contributed by atoms with Crippen LogP contribution in [0.4, 0.5) is 0 Å². The van der Waals surface area contributed by atoms with Crippen LogP contribution in [0.2, 0.25) is 0 Å². The van der Waals surface area contributed by atoms with Gasteiger partial charge in [-0.3, -0.25) is 0 Å². The summed E-state index contributed by atoms with van der Waals surface area (Å²) in [4.78, 5) is 0. The third kappa shape index (κ3) is 0.956. The number of fused-ring (bicyclic) bond motifs is 2. The first-order valence-electron chi connectivity index (χ1n) is 4.12. The van der Waals surface area contributed by atoms with E-state index in [9.17, 15) is 10.2 Å². The van der Waals surface area contributed by atoms with Crippen LogP contribution in [-0.4, -0.2) is 22.4 Å². The number of aliphatic hydroxyl groups is 2. The van der Waals surface area contributed by atoms with Crippen molar-refractivity contribution in [3.63, 3.8) is 0 Å². The van der Waals surface area contributed by atoms with Crippen LogP contribution in [0.1, 0.15) is 25.7 Å². The largest absolute Gasteiger partial charge is 0.393 e. The van der Waals surface area contributed by atoms with Gasteiger partial charge in [-0.05, 0) is 37.5 Å². The second-order valence-corrected chi connectivity index (χ2v) is 3.79. The fourth-order valence-corrected chi connectivity index (χ4v) is 2.49. The molecule has 0 radical (unpaired) electrons. The van der Waals surface area contributed by atoms with Gasteiger partial charge in [0.2, 0.25) is 0 Å². The molecule has 2 aliphatic carbocycles. The average Bonchev–Trinajstić information content (AvgIpc) is 2.07. The maximum Gasteiger partial charge on any atom is 0.0572 e. The van der Waals surface area contributed by atoms with Crippen molar-refractivity contribution in [2.24, 2.45) is 11.8 Å². The van der Waals surface area contributed by atoms with Crippen molar-refractivity contribution in [1.29, 1.82) is 0 Å². The fourth-order valence-electron chi connectivity index (χ4n) is 2.49. The molecule has 2 N–H and O–H groups in total. The van der Waals surface area contributed by atoms with Crippen molar-refractivity contribution in [3.05, 3.63) is 0 Å². The summed E-state index contributed by atoms with van der Waals surface area (Å²) in [5.41, 5.74) is 0. The van der Waals surface area contributed by atoms with Gasteiger partial charge in [-0.25, -0.2) is 0 Å². The van der Waals surface area contributed by atoms with E-state index < -0.39 is 0 Å². The Hall–Kier alpha value is -0.0800. The quantitative estimate of drug-likeness (QED) is 0.518. The number of rotatable bonds is 0. The van der Waals surface area contributed by atoms with Gasteiger partial charge in [0, 0.05) is 0 Å². The molecule has 0 aromatic heterocycles. The molecular weight excluding hydrogens is 128 g/mol. The third-order valence-corrected chi connectivity index (χ3v) is 2.94. The summed E-state index contributed by atoms with van der Waals surface area (Å²) in [6.07, 6.45) is 3.61. The second kappa shape index (κ2) is 2.21. The Labute approximate surface area is 60.9 Å². The topological polar surface area (TPSA) is 40.5 Å². The maximum atomic E-state index is 9.41. The Kier molecular flexibility index (Phi) is 1.46. The number of hydrogen-bond acceptors (Lipinski definition) is 2. The van der Waals surface area contributed by atoms with Crippen LogP contribution in [0.15, 0.2) is 0 Å². The SMILES string of the molecule is OC1CC2CC(O)C(C1)C2. The van der Waals surface area contributed by atoms with E-state index in [-0.39, 0.29) is 12.2 Å². The lowest BCUT2D eigenvalue weighted by Gasteiger charge is -2.23. The van der Waals surface area contributed by atoms with Crippen molar-refractivity contribution in [2.45, 2.75) is 37.9 Å². The first-order valence-corrected chi connectivity index (χ1v) is 4.12. The van der Waals surface area contributed by atoms with Gasteiger partial charge in [-0.15, -0.1) is 0 Å². The zero-order chi connectivity index (χ0) is 7.14. The molecule has 2 heteroatoms. The normalized spacial score (nSPS) is 53.4. The van der Waals surface area contributed by atoms with Crippen molar-refractivity contribution in [2.75, 3.05) is 0 Å². The van der Waals surface area contributed by atoms with Gasteiger partial charge < -0.3 is 10.2 Å². The molecule has 58 valence electrons. The van der Waals surface area contributed by atoms with Crippen molar-refractivity contribution >= 4 is 0 Å². The maximum absolute atomic E-state index is 9.41. The minimum atomic E-state index is -0.124. The molecule has 0 aromatic carbocycles. The van der Waals surface area contributed by atoms with E-state index in [0.717, 1.165) is 25.7 Å². The van der Waals surface area contributed by atoms with Gasteiger partial charge in [-0.1, -0.05) is 0 Å². The Bertz CT molecular complexity index is 130. The average molecular weight is 142 g/mol. The predicted octanol–water partition coefficient (Wildman–Crippen LogP) is 0.528. The van der Waals surface area contributed by atoms with E-state index in [1.807, 2.05) is 0 Å². The van der Waals surface area contributed by atoms with E-state index in [1.165, 1.54) is 0 Å². The molecule has 0 spiro atoms. The van der Waals surface area contributed by atoms with E-state index in [1.54, 1.807) is 0 Å². The first-order chi connectivity index (χ1) is 4.75. The molecule has 0 amide bonds. The van der Waals surface area contributed by atoms with Crippen LogP contribution in [0, 0.1) is 11.8 Å². The zero-order valence-electron chi connectivity index (χ0n) is 6.03. The molecule has 2 aliphatic rings. The molecule has 0 saturated heterocycles. The molecule has 2 nitrogen and oxygen atoms in total. The third-order valence-electron chi connectivity index (χ3n) is 2.94. The zero-order valence-corrected chi connectivity index (χ0v) is 6.03. The lowest BCUT2D eigenvalue weighted by Crippen LogP contribution is -2.22. The molecule has 2 bridgehead atoms. The highest BCUT2D eigenvalue weighted by atomic mass is 16.3. The van der Waals surface area contributed by atoms with Gasteiger partial charge in [0.15, 0.2) is 0 Å². The molecule has 0 aromatic rings. The predicted molar refractivity (Wildman–Crippen MR) is 37.5 cm³/mol. The summed E-state index contributed by atoms with van der Waals surface area (Å²) in [5.74, 6) is 1.03. The van der Waals surface area contributed by atoms with Gasteiger partial charge in [-0.2, -0.15) is 0 Å². The summed E-state index contributed by atoms with van der Waals surface area (Å²) in [5, 5.41) is 18.7. The molecule has 2 rings (SSSR count). The molecule has 0 aliphatic heterocycles. The van der Waals surface area contributed by atoms with Crippen molar-refractivity contribution < 1.29 is 10.2 Å². The molecule has 4 atom stereocenters. The second-order valence-electron chi connectivity index (χ2n) is 3.79. The summed E-state index contributed by atoms with van der Waals surface area (Å²) in [7, 11) is 0. The van der Waals surface area contributed by atoms with Crippen LogP contribution < -0.4 is 0 Å². The Morgan fingerprint density at radius 2 is 1.70 bits per heavy atom. The van der Waals surface area contributed by atoms with Crippen LogP contribution in [0.3, 0.4) is 0 Å². The lowest BCUT2D eigenvalue weighted by atomic mass is 9.87. The van der Waals surface area contributed by atoms with E-state index in [0.29, 0.717) is 11.8 Å². The lowest BCUT2D eigenvalue weighted by molar-refractivity contribution is 0.0693. The Morgan fingerprint density at radius 3 is 2.40 bits per heavy atom. The van der Waals surface area contributed by atoms with Gasteiger partial charge in [0.05, 0.1) is 12.2 Å². The summed E-state index contributed by atoms with van der Waals surface area (Å²) >= 11 is 0. The van der Waals surface area contributed by atoms with Gasteiger partial charge in [0.1, 0.15) is 0 Å². The highest BCUT2D eigenvalue weighted by Crippen LogP contribution is 2.41. The number of aliphatic hydroxyl groups excluding tert-OH is 2. The summed E-state index contributed by atoms with van der Waals surface area (Å²) in [6.45, 7) is 0. The van der Waals surface area contributed by atoms with E-state index in [2.05, 4.69) is 0 Å². The van der Waals surface area contributed by atoms with E-state index >= 15 is 0 Å². The smallest absolute Gasteiger partial charge is 0.0572 e. The highest BCUT2D eigenvalue weighted by molar-refractivity contribution is 4.90. The van der Waals surface area contributed by atoms with Crippen LogP contribution >= 0.6 is 0 Å². The van der Waals surface area contributed by atoms with Gasteiger partial charge >= 0.3 is 0 Å². The first kappa shape index (κ1) is 6.62. The van der Waals surface area contributed by atoms with Crippen LogP contribution in [0.25, 0.3) is 0 Å². The van der Waals surface area contributed by atoms with Crippen molar-refractivity contribution in [3.8, 4) is 0 Å². The molecular formula is C8H14O2. The molecule has 10 heavy (non-hydrogen) atoms. The van der Waals surface area contributed by atoms with Gasteiger partial charge in [0.25, 0.3) is 0 Å². The summed E-state index contributed by atoms with van der Waals surface area (Å²) < 4.78 is 0. The minimum Gasteiger partial charge on any atom is -0.393 e. The van der Waals surface area contributed by atoms with Crippen LogP contribution in [0.5, 0.6) is 0 Å². The van der Waals surface area contributed by atoms with Crippen molar-refractivity contribution in [1.82, 2.24) is 0 Å². The van der Waals surface area contributed by atoms with Crippen LogP contribution in [-0.2, 0) is 0 Å². The minimum absolute atomic E-state index is 0.109. The number of hydrogen-bond donors (Lipinski definition) is 2. The Balaban J connectivity index is 2.06. The molecule has 0 heterocycles. The highest BCUT2D eigenvalue weighted by Gasteiger charge is 2.39. The van der Waals surface area contributed by atoms with E-state index in [4.69, 9.17) is 0 Å². The molecule has 2 fully saturated rings. The molecule has 2 saturated carbocycles. The summed E-state index contributed by atoms with van der Waals surface area (Å²) in [6, 6.07) is 0. The Morgan fingerprint density at radius 1 is 0.900 bits per heavy atom. The fraction of sp³-hybridized carbons (Fsp3) is 1.00.